The first-order valence-corrected chi connectivity index (χ1v) is 5.14. The molecule has 4 amide bonds. The van der Waals surface area contributed by atoms with Gasteiger partial charge in [0.05, 0.1) is 0 Å². The number of urea groups is 1. The van der Waals surface area contributed by atoms with Crippen molar-refractivity contribution in [3.63, 3.8) is 0 Å². The average molecular weight is 253 g/mol. The number of rotatable bonds is 2. The predicted molar refractivity (Wildman–Crippen MR) is 53.8 cm³/mol. The third-order valence-corrected chi connectivity index (χ3v) is 3.31. The fourth-order valence-electron chi connectivity index (χ4n) is 1.57. The van der Waals surface area contributed by atoms with Gasteiger partial charge < -0.3 is 0 Å². The van der Waals surface area contributed by atoms with Gasteiger partial charge in [0.2, 0.25) is 0 Å². The van der Waals surface area contributed by atoms with Crippen LogP contribution < -0.4 is 0 Å². The van der Waals surface area contributed by atoms with E-state index in [1.54, 1.807) is 13.8 Å². The quantitative estimate of drug-likeness (QED) is 0.557. The first-order chi connectivity index (χ1) is 6.92. The van der Waals surface area contributed by atoms with Gasteiger partial charge in [-0.1, -0.05) is 13.8 Å². The summed E-state index contributed by atoms with van der Waals surface area (Å²) in [5, 5.41) is 0. The van der Waals surface area contributed by atoms with Gasteiger partial charge in [-0.25, -0.2) is 4.79 Å². The lowest BCUT2D eigenvalue weighted by Crippen LogP contribution is -2.59. The molecule has 1 rings (SSSR count). The maximum atomic E-state index is 11.7. The van der Waals surface area contributed by atoms with Crippen LogP contribution in [0, 0.1) is 5.41 Å². The molecule has 0 saturated carbocycles. The number of carbonyl (C=O) groups excluding carboxylic acids is 3. The first-order valence-electron chi connectivity index (χ1n) is 4.47. The lowest BCUT2D eigenvalue weighted by molar-refractivity contribution is -0.152. The smallest absolute Gasteiger partial charge is 0.272 e. The van der Waals surface area contributed by atoms with Gasteiger partial charge in [-0.15, -0.1) is 0 Å². The minimum atomic E-state index is -1.31. The largest absolute Gasteiger partial charge is 0.363 e. The molecule has 7 heteroatoms. The maximum absolute atomic E-state index is 11.7. The molecule has 0 aromatic carbocycles. The number of barbiturate groups is 1. The van der Waals surface area contributed by atoms with Crippen molar-refractivity contribution < 1.29 is 14.4 Å². The zero-order valence-corrected chi connectivity index (χ0v) is 9.80. The number of hydrogen-bond donors (Lipinski definition) is 0. The number of nitrogens with zero attached hydrogens (tertiary/aromatic N) is 2. The minimum Gasteiger partial charge on any atom is -0.272 e. The zero-order valence-electron chi connectivity index (χ0n) is 8.29. The number of hydrogen-bond acceptors (Lipinski definition) is 3. The van der Waals surface area contributed by atoms with Crippen LogP contribution in [0.3, 0.4) is 0 Å². The third-order valence-electron chi connectivity index (χ3n) is 2.72. The van der Waals surface area contributed by atoms with Crippen molar-refractivity contribution in [3.8, 4) is 0 Å². The SMILES string of the molecule is CCC1(CC)C(=O)N(Cl)C(=O)N(Cl)C1=O. The van der Waals surface area contributed by atoms with E-state index in [0.29, 0.717) is 8.84 Å². The van der Waals surface area contributed by atoms with Crippen molar-refractivity contribution in [1.29, 1.82) is 0 Å². The van der Waals surface area contributed by atoms with E-state index in [2.05, 4.69) is 0 Å². The molecule has 1 saturated heterocycles. The molecule has 0 aromatic heterocycles. The van der Waals surface area contributed by atoms with E-state index in [1.807, 2.05) is 0 Å². The van der Waals surface area contributed by atoms with E-state index in [0.717, 1.165) is 0 Å². The van der Waals surface area contributed by atoms with Crippen LogP contribution in [0.25, 0.3) is 0 Å². The molecule has 0 atom stereocenters. The molecule has 1 fully saturated rings. The van der Waals surface area contributed by atoms with Gasteiger partial charge in [-0.3, -0.25) is 9.59 Å². The molecule has 5 nitrogen and oxygen atoms in total. The van der Waals surface area contributed by atoms with E-state index in [1.165, 1.54) is 0 Å². The van der Waals surface area contributed by atoms with Crippen molar-refractivity contribution in [1.82, 2.24) is 8.84 Å². The normalized spacial score (nSPS) is 21.2. The van der Waals surface area contributed by atoms with Crippen LogP contribution >= 0.6 is 23.6 Å². The number of halogens is 2. The summed E-state index contributed by atoms with van der Waals surface area (Å²) in [6, 6.07) is -1.02. The molecule has 1 aliphatic heterocycles. The Bertz CT molecular complexity index is 302. The summed E-state index contributed by atoms with van der Waals surface area (Å²) in [7, 11) is 0. The fraction of sp³-hybridized carbons (Fsp3) is 0.625. The molecule has 0 bridgehead atoms. The summed E-state index contributed by atoms with van der Waals surface area (Å²) in [5.74, 6) is -1.41. The standard InChI is InChI=1S/C8H10Cl2N2O3/c1-3-8(4-2)5(13)11(9)7(15)12(10)6(8)14/h3-4H2,1-2H3. The summed E-state index contributed by atoms with van der Waals surface area (Å²) in [6.07, 6.45) is 0.502. The first kappa shape index (κ1) is 12.3. The lowest BCUT2D eigenvalue weighted by atomic mass is 9.79. The zero-order chi connectivity index (χ0) is 11.8. The second-order valence-corrected chi connectivity index (χ2v) is 3.92. The van der Waals surface area contributed by atoms with Crippen LogP contribution in [0.2, 0.25) is 0 Å². The van der Waals surface area contributed by atoms with Gasteiger partial charge >= 0.3 is 6.03 Å². The molecule has 84 valence electrons. The summed E-state index contributed by atoms with van der Waals surface area (Å²) in [5.41, 5.74) is -1.31. The molecular weight excluding hydrogens is 243 g/mol. The Morgan fingerprint density at radius 1 is 1.00 bits per heavy atom. The molecule has 0 aromatic rings. The van der Waals surface area contributed by atoms with Gasteiger partial charge in [-0.2, -0.15) is 8.84 Å². The molecule has 0 aliphatic carbocycles. The molecule has 1 heterocycles. The van der Waals surface area contributed by atoms with Gasteiger partial charge in [-0.05, 0) is 12.8 Å². The summed E-state index contributed by atoms with van der Waals surface area (Å²) in [6.45, 7) is 3.34. The van der Waals surface area contributed by atoms with E-state index >= 15 is 0 Å². The van der Waals surface area contributed by atoms with Crippen LogP contribution in [0.1, 0.15) is 26.7 Å². The number of imide groups is 2. The van der Waals surface area contributed by atoms with Gasteiger partial charge in [0, 0.05) is 23.6 Å². The summed E-state index contributed by atoms with van der Waals surface area (Å²) in [4.78, 5) is 34.7. The highest BCUT2D eigenvalue weighted by molar-refractivity contribution is 6.43. The predicted octanol–water partition coefficient (Wildman–Crippen LogP) is 1.89. The van der Waals surface area contributed by atoms with Crippen molar-refractivity contribution >= 4 is 41.4 Å². The van der Waals surface area contributed by atoms with Gasteiger partial charge in [0.25, 0.3) is 11.8 Å². The van der Waals surface area contributed by atoms with Crippen molar-refractivity contribution in [2.45, 2.75) is 26.7 Å². The van der Waals surface area contributed by atoms with E-state index < -0.39 is 23.3 Å². The average Bonchev–Trinajstić information content (AvgIpc) is 2.26. The molecule has 0 N–H and O–H groups in total. The lowest BCUT2D eigenvalue weighted by Gasteiger charge is -2.37. The van der Waals surface area contributed by atoms with Crippen LogP contribution in [-0.2, 0) is 9.59 Å². The Kier molecular flexibility index (Phi) is 3.25. The van der Waals surface area contributed by atoms with Crippen molar-refractivity contribution in [2.75, 3.05) is 0 Å². The molecule has 0 radical (unpaired) electrons. The Morgan fingerprint density at radius 3 is 1.60 bits per heavy atom. The van der Waals surface area contributed by atoms with Crippen LogP contribution in [0.5, 0.6) is 0 Å². The molecule has 1 aliphatic rings. The highest BCUT2D eigenvalue weighted by atomic mass is 35.5. The topological polar surface area (TPSA) is 57.7 Å². The highest BCUT2D eigenvalue weighted by Crippen LogP contribution is 2.37. The number of amides is 4. The Morgan fingerprint density at radius 2 is 1.33 bits per heavy atom. The van der Waals surface area contributed by atoms with Crippen molar-refractivity contribution in [3.05, 3.63) is 0 Å². The van der Waals surface area contributed by atoms with E-state index in [4.69, 9.17) is 23.6 Å². The minimum absolute atomic E-state index is 0.251. The summed E-state index contributed by atoms with van der Waals surface area (Å²) >= 11 is 11.0. The monoisotopic (exact) mass is 252 g/mol. The van der Waals surface area contributed by atoms with Crippen LogP contribution in [0.4, 0.5) is 4.79 Å². The maximum Gasteiger partial charge on any atom is 0.363 e. The Balaban J connectivity index is 3.23. The Hall–Kier alpha value is -0.810. The van der Waals surface area contributed by atoms with Gasteiger partial charge in [0.15, 0.2) is 0 Å². The van der Waals surface area contributed by atoms with E-state index in [9.17, 15) is 14.4 Å². The molecular formula is C8H10Cl2N2O3. The van der Waals surface area contributed by atoms with Crippen molar-refractivity contribution in [2.24, 2.45) is 5.41 Å². The van der Waals surface area contributed by atoms with Gasteiger partial charge in [0.1, 0.15) is 5.41 Å². The highest BCUT2D eigenvalue weighted by Gasteiger charge is 2.55. The summed E-state index contributed by atoms with van der Waals surface area (Å²) < 4.78 is 0.725. The molecule has 0 unspecified atom stereocenters. The second kappa shape index (κ2) is 3.98. The third kappa shape index (κ3) is 1.50. The van der Waals surface area contributed by atoms with E-state index in [-0.39, 0.29) is 12.8 Å². The fourth-order valence-corrected chi connectivity index (χ4v) is 2.09. The Labute approximate surface area is 97.1 Å². The molecule has 15 heavy (non-hydrogen) atoms. The van der Waals surface area contributed by atoms with Crippen LogP contribution in [-0.4, -0.2) is 26.7 Å². The van der Waals surface area contributed by atoms with Crippen LogP contribution in [0.15, 0.2) is 0 Å². The second-order valence-electron chi connectivity index (χ2n) is 3.24. The molecule has 0 spiro atoms. The number of carbonyl (C=O) groups is 3.